The largest absolute Gasteiger partial charge is 0.573 e. The summed E-state index contributed by atoms with van der Waals surface area (Å²) in [6.07, 6.45) is 1.35. The van der Waals surface area contributed by atoms with E-state index in [0.29, 0.717) is 17.8 Å². The van der Waals surface area contributed by atoms with Gasteiger partial charge in [-0.2, -0.15) is 0 Å². The van der Waals surface area contributed by atoms with Crippen molar-refractivity contribution in [3.05, 3.63) is 64.3 Å². The van der Waals surface area contributed by atoms with E-state index in [9.17, 15) is 13.2 Å². The van der Waals surface area contributed by atoms with Gasteiger partial charge in [0.05, 0.1) is 12.7 Å². The fourth-order valence-electron chi connectivity index (χ4n) is 5.71. The third kappa shape index (κ3) is 4.87. The van der Waals surface area contributed by atoms with E-state index in [0.717, 1.165) is 54.3 Å². The van der Waals surface area contributed by atoms with Crippen LogP contribution in [0.2, 0.25) is 0 Å². The maximum absolute atomic E-state index is 13.0. The first-order valence-corrected chi connectivity index (χ1v) is 13.1. The van der Waals surface area contributed by atoms with Crippen molar-refractivity contribution >= 4 is 21.6 Å². The number of hydrogen-bond acceptors (Lipinski definition) is 5. The second-order valence-electron chi connectivity index (χ2n) is 9.87. The number of benzene rings is 2. The number of para-hydroxylation sites is 1. The quantitative estimate of drug-likeness (QED) is 0.296. The van der Waals surface area contributed by atoms with E-state index < -0.39 is 6.36 Å². The highest BCUT2D eigenvalue weighted by atomic mass is 79.9. The zero-order valence-electron chi connectivity index (χ0n) is 19.5. The van der Waals surface area contributed by atoms with Crippen LogP contribution < -0.4 is 9.64 Å². The van der Waals surface area contributed by atoms with Gasteiger partial charge >= 0.3 is 6.36 Å². The van der Waals surface area contributed by atoms with Gasteiger partial charge in [0.15, 0.2) is 0 Å². The predicted molar refractivity (Wildman–Crippen MR) is 132 cm³/mol. The van der Waals surface area contributed by atoms with Crippen molar-refractivity contribution in [3.63, 3.8) is 0 Å². The Kier molecular flexibility index (Phi) is 6.24. The molecule has 0 N–H and O–H groups in total. The topological polar surface area (TPSA) is 47.7 Å². The third-order valence-corrected chi connectivity index (χ3v) is 7.94. The minimum Gasteiger partial charge on any atom is -0.405 e. The smallest absolute Gasteiger partial charge is 0.405 e. The van der Waals surface area contributed by atoms with Crippen molar-refractivity contribution in [2.75, 3.05) is 4.90 Å². The molecule has 190 valence electrons. The van der Waals surface area contributed by atoms with Crippen molar-refractivity contribution < 1.29 is 27.2 Å². The number of alkyl halides is 3. The summed E-state index contributed by atoms with van der Waals surface area (Å²) in [6.45, 7) is 0.257. The summed E-state index contributed by atoms with van der Waals surface area (Å²) in [6, 6.07) is 15.4. The number of piperidine rings is 1. The molecule has 2 bridgehead atoms. The van der Waals surface area contributed by atoms with Crippen molar-refractivity contribution in [3.8, 4) is 17.0 Å². The molecular weight excluding hydrogens is 537 g/mol. The number of halogens is 4. The molecule has 3 aliphatic rings. The fraction of sp³-hybridized carbons (Fsp3) is 0.444. The Bertz CT molecular complexity index is 1210. The van der Waals surface area contributed by atoms with Gasteiger partial charge in [-0.1, -0.05) is 33.2 Å². The maximum Gasteiger partial charge on any atom is 0.573 e. The average Bonchev–Trinajstić information content (AvgIpc) is 3.54. The number of rotatable bonds is 7. The summed E-state index contributed by atoms with van der Waals surface area (Å²) in [5, 5.41) is 4.19. The Balaban J connectivity index is 1.21. The van der Waals surface area contributed by atoms with Gasteiger partial charge in [0.1, 0.15) is 17.2 Å². The van der Waals surface area contributed by atoms with Gasteiger partial charge in [-0.15, -0.1) is 13.2 Å². The van der Waals surface area contributed by atoms with Gasteiger partial charge in [-0.3, -0.25) is 0 Å². The van der Waals surface area contributed by atoms with E-state index >= 15 is 0 Å². The lowest BCUT2D eigenvalue weighted by Crippen LogP contribution is -2.45. The first kappa shape index (κ1) is 23.9. The van der Waals surface area contributed by atoms with E-state index in [2.05, 4.69) is 55.0 Å². The molecule has 0 amide bonds. The lowest BCUT2D eigenvalue weighted by atomic mass is 9.98. The molecule has 0 unspecified atom stereocenters. The summed E-state index contributed by atoms with van der Waals surface area (Å²) in [4.78, 5) is 2.53. The zero-order valence-corrected chi connectivity index (χ0v) is 21.1. The predicted octanol–water partition coefficient (Wildman–Crippen LogP) is 7.60. The van der Waals surface area contributed by atoms with Crippen LogP contribution >= 0.6 is 15.9 Å². The van der Waals surface area contributed by atoms with Gasteiger partial charge in [0, 0.05) is 39.3 Å². The zero-order chi connectivity index (χ0) is 24.9. The Morgan fingerprint density at radius 3 is 2.33 bits per heavy atom. The molecule has 9 heteroatoms. The first-order chi connectivity index (χ1) is 17.4. The minimum atomic E-state index is -4.79. The van der Waals surface area contributed by atoms with Gasteiger partial charge in [-0.05, 0) is 74.9 Å². The number of anilines is 1. The molecule has 0 radical (unpaired) electrons. The fourth-order valence-corrected chi connectivity index (χ4v) is 5.98. The number of aromatic nitrogens is 1. The molecule has 2 aromatic carbocycles. The normalized spacial score (nSPS) is 23.8. The molecule has 1 saturated carbocycles. The first-order valence-electron chi connectivity index (χ1n) is 12.3. The molecule has 3 fully saturated rings. The molecule has 2 aliphatic heterocycles. The molecule has 2 saturated heterocycles. The Labute approximate surface area is 215 Å². The van der Waals surface area contributed by atoms with Crippen molar-refractivity contribution in [1.29, 1.82) is 0 Å². The summed E-state index contributed by atoms with van der Waals surface area (Å²) >= 11 is 3.51. The van der Waals surface area contributed by atoms with Crippen LogP contribution in [-0.4, -0.2) is 29.7 Å². The summed E-state index contributed by atoms with van der Waals surface area (Å²) in [5.41, 5.74) is 2.60. The molecule has 3 aromatic rings. The van der Waals surface area contributed by atoms with Crippen LogP contribution in [0.4, 0.5) is 18.9 Å². The molecule has 6 rings (SSSR count). The van der Waals surface area contributed by atoms with Crippen LogP contribution in [0.15, 0.2) is 57.5 Å². The third-order valence-electron chi connectivity index (χ3n) is 7.41. The second-order valence-corrected chi connectivity index (χ2v) is 10.8. The molecule has 1 aliphatic carbocycles. The van der Waals surface area contributed by atoms with Crippen LogP contribution in [-0.2, 0) is 11.3 Å². The van der Waals surface area contributed by atoms with Gasteiger partial charge in [0.2, 0.25) is 0 Å². The van der Waals surface area contributed by atoms with E-state index in [4.69, 9.17) is 9.26 Å². The molecule has 0 spiro atoms. The highest BCUT2D eigenvalue weighted by molar-refractivity contribution is 9.10. The lowest BCUT2D eigenvalue weighted by Gasteiger charge is -2.40. The monoisotopic (exact) mass is 562 g/mol. The number of nitrogens with zero attached hydrogens (tertiary/aromatic N) is 2. The lowest BCUT2D eigenvalue weighted by molar-refractivity contribution is -0.274. The standard InChI is InChI=1S/C27H26BrF3N2O3/c28-17-7-9-18(10-8-17)33-19-11-12-20(33)14-21(13-19)34-15-23-25(32-36-26(23)16-5-6-16)22-3-1-2-4-24(22)35-27(29,30)31/h1-4,7-10,16,19-21H,5-6,11-15H2/t19-,20+,21+. The van der Waals surface area contributed by atoms with Crippen molar-refractivity contribution in [1.82, 2.24) is 5.16 Å². The van der Waals surface area contributed by atoms with E-state index in [1.54, 1.807) is 12.1 Å². The molecule has 3 atom stereocenters. The van der Waals surface area contributed by atoms with Gasteiger partial charge in [-0.25, -0.2) is 0 Å². The molecule has 36 heavy (non-hydrogen) atoms. The van der Waals surface area contributed by atoms with Crippen molar-refractivity contribution in [2.45, 2.75) is 75.6 Å². The van der Waals surface area contributed by atoms with Crippen LogP contribution in [0.3, 0.4) is 0 Å². The second kappa shape index (κ2) is 9.41. The number of ether oxygens (including phenoxy) is 2. The van der Waals surface area contributed by atoms with Crippen LogP contribution in [0, 0.1) is 0 Å². The SMILES string of the molecule is FC(F)(F)Oc1ccccc1-c1noc(C2CC2)c1CO[C@H]1C[C@H]2CC[C@@H](C1)N2c1ccc(Br)cc1. The average molecular weight is 563 g/mol. The van der Waals surface area contributed by atoms with Crippen LogP contribution in [0.25, 0.3) is 11.3 Å². The molecule has 5 nitrogen and oxygen atoms in total. The van der Waals surface area contributed by atoms with E-state index in [-0.39, 0.29) is 29.9 Å². The molecule has 3 heterocycles. The number of fused-ring (bicyclic) bond motifs is 2. The van der Waals surface area contributed by atoms with Crippen LogP contribution in [0.5, 0.6) is 5.75 Å². The van der Waals surface area contributed by atoms with Gasteiger partial charge < -0.3 is 18.9 Å². The molecular formula is C27H26BrF3N2O3. The minimum absolute atomic E-state index is 0.0747. The van der Waals surface area contributed by atoms with Crippen molar-refractivity contribution in [2.24, 2.45) is 0 Å². The summed E-state index contributed by atoms with van der Waals surface area (Å²) in [5.74, 6) is 0.681. The highest BCUT2D eigenvalue weighted by Gasteiger charge is 2.42. The van der Waals surface area contributed by atoms with E-state index in [1.807, 2.05) is 0 Å². The Hall–Kier alpha value is -2.52. The summed E-state index contributed by atoms with van der Waals surface area (Å²) < 4.78 is 56.5. The summed E-state index contributed by atoms with van der Waals surface area (Å²) in [7, 11) is 0. The Morgan fingerprint density at radius 1 is 0.972 bits per heavy atom. The van der Waals surface area contributed by atoms with Gasteiger partial charge in [0.25, 0.3) is 0 Å². The number of hydrogen-bond donors (Lipinski definition) is 0. The van der Waals surface area contributed by atoms with Crippen LogP contribution in [0.1, 0.15) is 55.8 Å². The molecule has 1 aromatic heterocycles. The Morgan fingerprint density at radius 2 is 1.67 bits per heavy atom. The van der Waals surface area contributed by atoms with E-state index in [1.165, 1.54) is 17.8 Å². The highest BCUT2D eigenvalue weighted by Crippen LogP contribution is 2.46. The maximum atomic E-state index is 13.0.